The van der Waals surface area contributed by atoms with Crippen LogP contribution >= 0.6 is 0 Å². The zero-order valence-corrected chi connectivity index (χ0v) is 10.8. The van der Waals surface area contributed by atoms with Crippen LogP contribution in [0.25, 0.3) is 5.57 Å². The van der Waals surface area contributed by atoms with Crippen molar-refractivity contribution in [3.05, 3.63) is 60.5 Å². The molecule has 2 heteroatoms. The molecule has 2 N–H and O–H groups in total. The highest BCUT2D eigenvalue weighted by Crippen LogP contribution is 2.19. The fraction of sp³-hybridized carbons (Fsp3) is 0.250. The highest BCUT2D eigenvalue weighted by Gasteiger charge is 1.98. The van der Waals surface area contributed by atoms with Crippen LogP contribution in [0.4, 0.5) is 10.1 Å². The maximum atomic E-state index is 12.4. The van der Waals surface area contributed by atoms with Gasteiger partial charge in [0.05, 0.1) is 0 Å². The molecule has 0 saturated carbocycles. The summed E-state index contributed by atoms with van der Waals surface area (Å²) in [6.45, 7) is 12.9. The zero-order valence-electron chi connectivity index (χ0n) is 10.8. The van der Waals surface area contributed by atoms with Gasteiger partial charge in [-0.3, -0.25) is 0 Å². The molecule has 18 heavy (non-hydrogen) atoms. The summed E-state index contributed by atoms with van der Waals surface area (Å²) in [6.07, 6.45) is 2.88. The molecule has 0 spiro atoms. The van der Waals surface area contributed by atoms with Crippen molar-refractivity contribution < 1.29 is 4.39 Å². The van der Waals surface area contributed by atoms with E-state index in [0.717, 1.165) is 22.4 Å². The monoisotopic (exact) mass is 249 g/mol. The number of anilines is 1. The third-order valence-corrected chi connectivity index (χ3v) is 2.11. The van der Waals surface area contributed by atoms with Gasteiger partial charge in [-0.25, -0.2) is 4.39 Å². The van der Waals surface area contributed by atoms with Crippen molar-refractivity contribution in [2.45, 2.75) is 28.2 Å². The van der Waals surface area contributed by atoms with E-state index in [9.17, 15) is 4.39 Å². The molecule has 1 aromatic carbocycles. The van der Waals surface area contributed by atoms with Crippen molar-refractivity contribution >= 4 is 11.3 Å². The number of benzene rings is 1. The molecule has 0 unspecified atom stereocenters. The summed E-state index contributed by atoms with van der Waals surface area (Å²) in [7, 11) is 0. The fourth-order valence-electron chi connectivity index (χ4n) is 1.16. The minimum Gasteiger partial charge on any atom is -0.399 e. The summed E-state index contributed by atoms with van der Waals surface area (Å²) < 4.78 is 12.4. The molecule has 0 aromatic heterocycles. The van der Waals surface area contributed by atoms with Crippen molar-refractivity contribution in [1.82, 2.24) is 0 Å². The molecular weight excluding hydrogens is 225 g/mol. The van der Waals surface area contributed by atoms with Gasteiger partial charge in [0.25, 0.3) is 0 Å². The van der Waals surface area contributed by atoms with Gasteiger partial charge in [-0.2, -0.15) is 0 Å². The lowest BCUT2D eigenvalue weighted by Crippen LogP contribution is -1.90. The molecule has 0 heterocycles. The summed E-state index contributed by atoms with van der Waals surface area (Å²) in [5.74, 6) is -0.483. The first-order chi connectivity index (χ1) is 8.00. The number of aryl methyl sites for hydroxylation is 1. The van der Waals surface area contributed by atoms with Gasteiger partial charge in [-0.05, 0) is 41.8 Å². The van der Waals surface area contributed by atoms with Crippen molar-refractivity contribution in [3.63, 3.8) is 0 Å². The summed E-state index contributed by atoms with van der Waals surface area (Å²) in [4.78, 5) is 0. The molecule has 1 rings (SSSR count). The lowest BCUT2D eigenvalue weighted by Gasteiger charge is -2.04. The first-order valence-electron chi connectivity index (χ1n) is 5.58. The maximum absolute atomic E-state index is 12.4. The molecule has 0 fully saturated rings. The average Bonchev–Trinajstić information content (AvgIpc) is 2.32. The van der Waals surface area contributed by atoms with E-state index >= 15 is 0 Å². The van der Waals surface area contributed by atoms with E-state index in [1.165, 1.54) is 6.08 Å². The number of allylic oxidation sites excluding steroid dienone is 4. The van der Waals surface area contributed by atoms with Gasteiger partial charge in [-0.1, -0.05) is 46.6 Å². The van der Waals surface area contributed by atoms with E-state index in [4.69, 9.17) is 5.73 Å². The number of nitrogens with two attached hydrogens (primary N) is 1. The Morgan fingerprint density at radius 2 is 1.78 bits per heavy atom. The van der Waals surface area contributed by atoms with Crippen LogP contribution < -0.4 is 5.73 Å². The third kappa shape index (κ3) is 6.04. The van der Waals surface area contributed by atoms with E-state index in [1.807, 2.05) is 39.0 Å². The van der Waals surface area contributed by atoms with Crippen molar-refractivity contribution in [3.8, 4) is 0 Å². The summed E-state index contributed by atoms with van der Waals surface area (Å²) in [5.41, 5.74) is 9.08. The minimum atomic E-state index is -0.483. The van der Waals surface area contributed by atoms with Crippen molar-refractivity contribution in [1.29, 1.82) is 0 Å². The normalized spacial score (nSPS) is 9.11. The first kappa shape index (κ1) is 18.5. The molecule has 0 saturated heterocycles. The van der Waals surface area contributed by atoms with Gasteiger partial charge in [0.2, 0.25) is 0 Å². The predicted octanol–water partition coefficient (Wildman–Crippen LogP) is 5.29. The van der Waals surface area contributed by atoms with Gasteiger partial charge in [-0.15, -0.1) is 0 Å². The molecule has 0 radical (unpaired) electrons. The van der Waals surface area contributed by atoms with Crippen LogP contribution in [0.2, 0.25) is 0 Å². The molecule has 1 nitrogen and oxygen atoms in total. The average molecular weight is 249 g/mol. The number of hydrogen-bond acceptors (Lipinski definition) is 1. The quantitative estimate of drug-likeness (QED) is 0.571. The fourth-order valence-corrected chi connectivity index (χ4v) is 1.16. The predicted molar refractivity (Wildman–Crippen MR) is 82.1 cm³/mol. The summed E-state index contributed by atoms with van der Waals surface area (Å²) >= 11 is 0. The lowest BCUT2D eigenvalue weighted by molar-refractivity contribution is 0.671. The molecule has 0 atom stereocenters. The van der Waals surface area contributed by atoms with Gasteiger partial charge in [0.15, 0.2) is 0 Å². The van der Waals surface area contributed by atoms with Crippen LogP contribution in [0.1, 0.15) is 32.4 Å². The summed E-state index contributed by atoms with van der Waals surface area (Å²) in [5, 5.41) is 0. The second-order valence-electron chi connectivity index (χ2n) is 3.38. The van der Waals surface area contributed by atoms with Gasteiger partial charge in [0, 0.05) is 5.69 Å². The van der Waals surface area contributed by atoms with Crippen LogP contribution in [-0.4, -0.2) is 0 Å². The Morgan fingerprint density at radius 3 is 2.22 bits per heavy atom. The smallest absolute Gasteiger partial charge is 0.116 e. The van der Waals surface area contributed by atoms with E-state index < -0.39 is 5.83 Å². The Kier molecular flexibility index (Phi) is 9.50. The Bertz CT molecular complexity index is 431. The van der Waals surface area contributed by atoms with Crippen LogP contribution in [0.3, 0.4) is 0 Å². The number of halogens is 1. The third-order valence-electron chi connectivity index (χ3n) is 2.11. The van der Waals surface area contributed by atoms with Gasteiger partial charge in [0.1, 0.15) is 5.83 Å². The molecule has 0 amide bonds. The maximum Gasteiger partial charge on any atom is 0.116 e. The Labute approximate surface area is 111 Å². The summed E-state index contributed by atoms with van der Waals surface area (Å²) in [6, 6.07) is 5.59. The Morgan fingerprint density at radius 1 is 1.22 bits per heavy atom. The van der Waals surface area contributed by atoms with E-state index in [2.05, 4.69) is 13.2 Å². The Hall–Kier alpha value is -1.83. The SMILES string of the molecule is C.C=C(F)/C=C\C(=C)c1ccc(N)c(C)c1.CC. The lowest BCUT2D eigenvalue weighted by atomic mass is 10.0. The molecule has 0 aliphatic rings. The van der Waals surface area contributed by atoms with Crippen LogP contribution in [-0.2, 0) is 0 Å². The van der Waals surface area contributed by atoms with E-state index in [1.54, 1.807) is 6.08 Å². The van der Waals surface area contributed by atoms with E-state index in [-0.39, 0.29) is 7.43 Å². The van der Waals surface area contributed by atoms with Gasteiger partial charge >= 0.3 is 0 Å². The van der Waals surface area contributed by atoms with Gasteiger partial charge < -0.3 is 5.73 Å². The van der Waals surface area contributed by atoms with Crippen LogP contribution in [0.5, 0.6) is 0 Å². The molecule has 0 aliphatic heterocycles. The first-order valence-corrected chi connectivity index (χ1v) is 5.58. The topological polar surface area (TPSA) is 26.0 Å². The zero-order chi connectivity index (χ0) is 13.4. The molecule has 0 aliphatic carbocycles. The van der Waals surface area contributed by atoms with Crippen molar-refractivity contribution in [2.24, 2.45) is 0 Å². The van der Waals surface area contributed by atoms with Crippen LogP contribution in [0.15, 0.2) is 49.3 Å². The van der Waals surface area contributed by atoms with E-state index in [0.29, 0.717) is 0 Å². The van der Waals surface area contributed by atoms with Crippen molar-refractivity contribution in [2.75, 3.05) is 5.73 Å². The molecule has 100 valence electrons. The largest absolute Gasteiger partial charge is 0.399 e. The van der Waals surface area contributed by atoms with Crippen LogP contribution in [0, 0.1) is 6.92 Å². The highest BCUT2D eigenvalue weighted by atomic mass is 19.1. The Balaban J connectivity index is 0. The number of nitrogen functional groups attached to an aromatic ring is 1. The highest BCUT2D eigenvalue weighted by molar-refractivity contribution is 5.74. The standard InChI is InChI=1S/C13H14FN.C2H6.CH4/c1-9(4-5-11(3)14)12-6-7-13(15)10(2)8-12;1-2;/h4-8H,1,3,15H2,2H3;1-2H3;1H4/b5-4-;;. The number of hydrogen-bond donors (Lipinski definition) is 1. The number of rotatable bonds is 3. The second-order valence-corrected chi connectivity index (χ2v) is 3.38. The second kappa shape index (κ2) is 9.23. The molecular formula is C16H24FN. The molecule has 0 bridgehead atoms. The molecule has 1 aromatic rings. The minimum absolute atomic E-state index is 0.